The molecule has 0 spiro atoms. The van der Waals surface area contributed by atoms with Crippen molar-refractivity contribution in [3.63, 3.8) is 0 Å². The van der Waals surface area contributed by atoms with Gasteiger partial charge in [-0.05, 0) is 6.07 Å². The van der Waals surface area contributed by atoms with E-state index >= 15 is 0 Å². The Hall–Kier alpha value is -1.66. The largest absolute Gasteiger partial charge is 0.394 e. The van der Waals surface area contributed by atoms with Gasteiger partial charge < -0.3 is 20.1 Å². The summed E-state index contributed by atoms with van der Waals surface area (Å²) in [6, 6.07) is 3.80. The first-order chi connectivity index (χ1) is 7.67. The number of carbonyl (C=O) groups excluding carboxylic acids is 1. The minimum absolute atomic E-state index is 0.155. The average Bonchev–Trinajstić information content (AvgIpc) is 2.28. The number of rotatable bonds is 5. The Bertz CT molecular complexity index is 402. The molecule has 88 valence electrons. The molecule has 0 saturated carbocycles. The van der Waals surface area contributed by atoms with Gasteiger partial charge in [0.05, 0.1) is 19.3 Å². The molecule has 3 N–H and O–H groups in total. The quantitative estimate of drug-likeness (QED) is 0.607. The summed E-state index contributed by atoms with van der Waals surface area (Å²) in [4.78, 5) is 24.9. The number of hydrogen-bond acceptors (Lipinski definition) is 4. The van der Waals surface area contributed by atoms with Gasteiger partial charge in [-0.15, -0.1) is 0 Å². The van der Waals surface area contributed by atoms with Crippen LogP contribution >= 0.6 is 0 Å². The Morgan fingerprint density at radius 3 is 2.94 bits per heavy atom. The summed E-state index contributed by atoms with van der Waals surface area (Å²) in [6.07, 6.45) is 0. The standard InChI is InChI=1S/C10H14N2O4/c1-16-6-7(5-13)11-10(15)8-3-2-4-9(14)12-8/h2-4,7,13H,5-6H2,1H3,(H,11,15)(H,12,14). The zero-order valence-corrected chi connectivity index (χ0v) is 8.90. The Labute approximate surface area is 92.3 Å². The van der Waals surface area contributed by atoms with Crippen LogP contribution in [0.15, 0.2) is 23.0 Å². The van der Waals surface area contributed by atoms with Gasteiger partial charge >= 0.3 is 0 Å². The van der Waals surface area contributed by atoms with E-state index in [0.29, 0.717) is 0 Å². The lowest BCUT2D eigenvalue weighted by atomic mass is 10.3. The van der Waals surface area contributed by atoms with Crippen LogP contribution in [0, 0.1) is 0 Å². The summed E-state index contributed by atoms with van der Waals surface area (Å²) in [5.41, 5.74) is -0.193. The first-order valence-corrected chi connectivity index (χ1v) is 4.77. The zero-order chi connectivity index (χ0) is 12.0. The fourth-order valence-electron chi connectivity index (χ4n) is 1.18. The van der Waals surface area contributed by atoms with Gasteiger partial charge in [0, 0.05) is 13.2 Å². The Morgan fingerprint density at radius 1 is 1.62 bits per heavy atom. The number of aromatic amines is 1. The maximum Gasteiger partial charge on any atom is 0.268 e. The molecule has 6 nitrogen and oxygen atoms in total. The van der Waals surface area contributed by atoms with E-state index in [0.717, 1.165) is 0 Å². The van der Waals surface area contributed by atoms with Crippen LogP contribution in [0.2, 0.25) is 0 Å². The van der Waals surface area contributed by atoms with Crippen LogP contribution in [-0.4, -0.2) is 42.4 Å². The second kappa shape index (κ2) is 6.04. The van der Waals surface area contributed by atoms with E-state index in [1.54, 1.807) is 0 Å². The van der Waals surface area contributed by atoms with E-state index in [9.17, 15) is 9.59 Å². The highest BCUT2D eigenvalue weighted by atomic mass is 16.5. The van der Waals surface area contributed by atoms with Gasteiger partial charge in [-0.2, -0.15) is 0 Å². The van der Waals surface area contributed by atoms with E-state index in [4.69, 9.17) is 9.84 Å². The fraction of sp³-hybridized carbons (Fsp3) is 0.400. The first-order valence-electron chi connectivity index (χ1n) is 4.77. The van der Waals surface area contributed by atoms with Crippen molar-refractivity contribution in [2.24, 2.45) is 0 Å². The number of ether oxygens (including phenoxy) is 1. The molecular weight excluding hydrogens is 212 g/mol. The molecule has 16 heavy (non-hydrogen) atoms. The van der Waals surface area contributed by atoms with Gasteiger partial charge in [-0.25, -0.2) is 0 Å². The Kier molecular flexibility index (Phi) is 4.68. The third kappa shape index (κ3) is 3.48. The summed E-state index contributed by atoms with van der Waals surface area (Å²) in [7, 11) is 1.47. The summed E-state index contributed by atoms with van der Waals surface area (Å²) < 4.78 is 4.81. The first kappa shape index (κ1) is 12.4. The molecule has 6 heteroatoms. The monoisotopic (exact) mass is 226 g/mol. The number of H-pyrrole nitrogens is 1. The van der Waals surface area contributed by atoms with Crippen LogP contribution in [0.5, 0.6) is 0 Å². The van der Waals surface area contributed by atoms with E-state index in [-0.39, 0.29) is 24.5 Å². The molecule has 0 aliphatic carbocycles. The van der Waals surface area contributed by atoms with Gasteiger partial charge in [0.15, 0.2) is 0 Å². The van der Waals surface area contributed by atoms with Gasteiger partial charge in [0.2, 0.25) is 5.56 Å². The molecule has 0 aliphatic heterocycles. The second-order valence-corrected chi connectivity index (χ2v) is 3.24. The third-order valence-corrected chi connectivity index (χ3v) is 1.94. The average molecular weight is 226 g/mol. The number of carbonyl (C=O) groups is 1. The number of pyridine rings is 1. The van der Waals surface area contributed by atoms with Crippen molar-refractivity contribution < 1.29 is 14.6 Å². The molecule has 0 bridgehead atoms. The third-order valence-electron chi connectivity index (χ3n) is 1.94. The van der Waals surface area contributed by atoms with Gasteiger partial charge in [-0.3, -0.25) is 9.59 Å². The van der Waals surface area contributed by atoms with Crippen molar-refractivity contribution in [3.05, 3.63) is 34.2 Å². The molecule has 1 atom stereocenters. The van der Waals surface area contributed by atoms with Crippen molar-refractivity contribution in [1.29, 1.82) is 0 Å². The van der Waals surface area contributed by atoms with Gasteiger partial charge in [0.1, 0.15) is 5.69 Å². The van der Waals surface area contributed by atoms with Gasteiger partial charge in [0.25, 0.3) is 5.91 Å². The van der Waals surface area contributed by atoms with Crippen LogP contribution in [0.4, 0.5) is 0 Å². The van der Waals surface area contributed by atoms with E-state index in [1.807, 2.05) is 0 Å². The van der Waals surface area contributed by atoms with Crippen molar-refractivity contribution in [3.8, 4) is 0 Å². The maximum atomic E-state index is 11.6. The van der Waals surface area contributed by atoms with Crippen molar-refractivity contribution in [2.45, 2.75) is 6.04 Å². The lowest BCUT2D eigenvalue weighted by Gasteiger charge is -2.14. The molecule has 0 aromatic carbocycles. The molecule has 1 rings (SSSR count). The number of amides is 1. The molecule has 1 heterocycles. The minimum atomic E-state index is -0.485. The minimum Gasteiger partial charge on any atom is -0.394 e. The lowest BCUT2D eigenvalue weighted by molar-refractivity contribution is 0.0835. The lowest BCUT2D eigenvalue weighted by Crippen LogP contribution is -2.41. The maximum absolute atomic E-state index is 11.6. The molecule has 1 unspecified atom stereocenters. The molecule has 0 saturated heterocycles. The fourth-order valence-corrected chi connectivity index (χ4v) is 1.18. The summed E-state index contributed by atoms with van der Waals surface area (Å²) in [5, 5.41) is 11.5. The SMILES string of the molecule is COCC(CO)NC(=O)c1cccc(=O)[nH]1. The summed E-state index contributed by atoms with van der Waals surface area (Å²) >= 11 is 0. The second-order valence-electron chi connectivity index (χ2n) is 3.24. The number of hydrogen-bond donors (Lipinski definition) is 3. The normalized spacial score (nSPS) is 12.1. The molecule has 0 aliphatic rings. The smallest absolute Gasteiger partial charge is 0.268 e. The number of aliphatic hydroxyl groups is 1. The number of methoxy groups -OCH3 is 1. The van der Waals surface area contributed by atoms with E-state index < -0.39 is 11.9 Å². The highest BCUT2D eigenvalue weighted by molar-refractivity contribution is 5.92. The number of nitrogens with one attached hydrogen (secondary N) is 2. The Morgan fingerprint density at radius 2 is 2.38 bits per heavy atom. The highest BCUT2D eigenvalue weighted by Crippen LogP contribution is 1.92. The van der Waals surface area contributed by atoms with Crippen molar-refractivity contribution in [2.75, 3.05) is 20.3 Å². The molecule has 1 aromatic heterocycles. The zero-order valence-electron chi connectivity index (χ0n) is 8.90. The predicted molar refractivity (Wildman–Crippen MR) is 57.3 cm³/mol. The predicted octanol–water partition coefficient (Wildman–Crippen LogP) is -0.888. The molecule has 0 radical (unpaired) electrons. The molecule has 1 aromatic rings. The topological polar surface area (TPSA) is 91.4 Å². The molecule has 1 amide bonds. The van der Waals surface area contributed by atoms with Crippen LogP contribution in [0.1, 0.15) is 10.5 Å². The van der Waals surface area contributed by atoms with Gasteiger partial charge in [-0.1, -0.05) is 6.07 Å². The van der Waals surface area contributed by atoms with Crippen LogP contribution < -0.4 is 10.9 Å². The van der Waals surface area contributed by atoms with Crippen LogP contribution in [-0.2, 0) is 4.74 Å². The Balaban J connectivity index is 2.67. The van der Waals surface area contributed by atoms with Crippen LogP contribution in [0.3, 0.4) is 0 Å². The van der Waals surface area contributed by atoms with Crippen LogP contribution in [0.25, 0.3) is 0 Å². The number of aromatic nitrogens is 1. The highest BCUT2D eigenvalue weighted by Gasteiger charge is 2.12. The van der Waals surface area contributed by atoms with Crippen molar-refractivity contribution in [1.82, 2.24) is 10.3 Å². The molecule has 0 fully saturated rings. The van der Waals surface area contributed by atoms with E-state index in [1.165, 1.54) is 25.3 Å². The summed E-state index contributed by atoms with van der Waals surface area (Å²) in [5.74, 6) is -0.450. The van der Waals surface area contributed by atoms with E-state index in [2.05, 4.69) is 10.3 Å². The molecular formula is C10H14N2O4. The number of aliphatic hydroxyl groups excluding tert-OH is 1. The summed E-state index contributed by atoms with van der Waals surface area (Å²) in [6.45, 7) is -0.0179. The van der Waals surface area contributed by atoms with Crippen molar-refractivity contribution >= 4 is 5.91 Å².